The molecule has 0 saturated carbocycles. The second kappa shape index (κ2) is 9.57. The topological polar surface area (TPSA) is 46.6 Å². The smallest absolute Gasteiger partial charge is 0.257 e. The van der Waals surface area contributed by atoms with E-state index in [0.29, 0.717) is 18.6 Å². The van der Waals surface area contributed by atoms with Crippen LogP contribution in [-0.2, 0) is 14.3 Å². The Morgan fingerprint density at radius 1 is 1.20 bits per heavy atom. The van der Waals surface area contributed by atoms with Crippen LogP contribution in [0.25, 0.3) is 0 Å². The molecule has 0 aliphatic carbocycles. The van der Waals surface area contributed by atoms with Gasteiger partial charge in [-0.1, -0.05) is 76.5 Å². The minimum atomic E-state index is -1.48. The number of methoxy groups -OCH3 is 1. The molecule has 0 saturated heterocycles. The number of imide groups is 1. The molecule has 0 bridgehead atoms. The summed E-state index contributed by atoms with van der Waals surface area (Å²) < 4.78 is 2.36. The molecule has 1 aliphatic rings. The summed E-state index contributed by atoms with van der Waals surface area (Å²) in [6, 6.07) is -0.582. The van der Waals surface area contributed by atoms with Crippen molar-refractivity contribution >= 4 is 81.4 Å². The molecule has 4 nitrogen and oxygen atoms in total. The molecular weight excluding hydrogens is 455 g/mol. The first-order chi connectivity index (χ1) is 11.3. The van der Waals surface area contributed by atoms with E-state index in [1.807, 2.05) is 6.92 Å². The Morgan fingerprint density at radius 2 is 1.76 bits per heavy atom. The Balaban J connectivity index is 2.74. The average molecular weight is 474 g/mol. The summed E-state index contributed by atoms with van der Waals surface area (Å²) in [4.78, 5) is 26.0. The highest BCUT2D eigenvalue weighted by atomic mass is 35.6. The third-order valence-electron chi connectivity index (χ3n) is 3.79. The average Bonchev–Trinajstić information content (AvgIpc) is 2.77. The van der Waals surface area contributed by atoms with Gasteiger partial charge in [0.1, 0.15) is 5.76 Å². The molecule has 2 atom stereocenters. The zero-order chi connectivity index (χ0) is 19.4. The first-order valence-corrected chi connectivity index (χ1v) is 9.86. The summed E-state index contributed by atoms with van der Waals surface area (Å²) in [5.41, 5.74) is 0. The fraction of sp³-hybridized carbons (Fsp3) is 0.733. The van der Waals surface area contributed by atoms with Crippen LogP contribution in [0.3, 0.4) is 0 Å². The maximum atomic E-state index is 12.6. The highest BCUT2D eigenvalue weighted by Gasteiger charge is 2.39. The quantitative estimate of drug-likeness (QED) is 0.453. The van der Waals surface area contributed by atoms with Crippen molar-refractivity contribution in [2.45, 2.75) is 52.7 Å². The summed E-state index contributed by atoms with van der Waals surface area (Å²) in [5.74, 6) is -0.456. The third kappa shape index (κ3) is 8.32. The van der Waals surface area contributed by atoms with E-state index in [4.69, 9.17) is 74.3 Å². The van der Waals surface area contributed by atoms with Gasteiger partial charge in [0.2, 0.25) is 5.91 Å². The molecule has 0 aromatic heterocycles. The lowest BCUT2D eigenvalue weighted by atomic mass is 10.0. The van der Waals surface area contributed by atoms with Crippen molar-refractivity contribution in [3.8, 4) is 0 Å². The van der Waals surface area contributed by atoms with Crippen molar-refractivity contribution < 1.29 is 14.3 Å². The maximum absolute atomic E-state index is 12.6. The van der Waals surface area contributed by atoms with Gasteiger partial charge in [0.25, 0.3) is 5.91 Å². The number of hydrogen-bond donors (Lipinski definition) is 0. The lowest BCUT2D eigenvalue weighted by molar-refractivity contribution is -0.143. The van der Waals surface area contributed by atoms with Crippen molar-refractivity contribution in [2.75, 3.05) is 7.11 Å². The van der Waals surface area contributed by atoms with Crippen molar-refractivity contribution in [3.63, 3.8) is 0 Å². The highest BCUT2D eigenvalue weighted by molar-refractivity contribution is 6.67. The van der Waals surface area contributed by atoms with Gasteiger partial charge in [-0.05, 0) is 31.6 Å². The monoisotopic (exact) mass is 471 g/mol. The lowest BCUT2D eigenvalue weighted by Crippen LogP contribution is -2.41. The molecule has 0 fully saturated rings. The fourth-order valence-corrected chi connectivity index (χ4v) is 3.19. The second-order valence-corrected chi connectivity index (χ2v) is 11.0. The number of hydrogen-bond acceptors (Lipinski definition) is 3. The Morgan fingerprint density at radius 3 is 2.24 bits per heavy atom. The standard InChI is InChI=1S/C15H19Cl6NO3/c1-9(3-5-14(16,17)18)7-12(23)22-10(4-6-15(19,20)21)11(25-2)8-13(22)24/h8-10H,3-7H2,1-2H3/t9?,10-/m1/s1. The van der Waals surface area contributed by atoms with Gasteiger partial charge in [0, 0.05) is 12.5 Å². The first-order valence-electron chi connectivity index (χ1n) is 7.59. The number of nitrogens with zero attached hydrogens (tertiary/aromatic N) is 1. The van der Waals surface area contributed by atoms with Gasteiger partial charge in [0.05, 0.1) is 13.2 Å². The number of rotatable bonds is 7. The van der Waals surface area contributed by atoms with E-state index in [-0.39, 0.29) is 31.1 Å². The van der Waals surface area contributed by atoms with E-state index in [1.165, 1.54) is 13.2 Å². The van der Waals surface area contributed by atoms with Crippen molar-refractivity contribution in [3.05, 3.63) is 11.8 Å². The van der Waals surface area contributed by atoms with Crippen LogP contribution in [0.15, 0.2) is 11.8 Å². The highest BCUT2D eigenvalue weighted by Crippen LogP contribution is 2.36. The first kappa shape index (κ1) is 23.5. The summed E-state index contributed by atoms with van der Waals surface area (Å²) >= 11 is 34.5. The SMILES string of the molecule is COC1=CC(=O)N(C(=O)CC(C)CCC(Cl)(Cl)Cl)[C@@H]1CCC(Cl)(Cl)Cl. The third-order valence-corrected chi connectivity index (χ3v) is 4.93. The summed E-state index contributed by atoms with van der Waals surface area (Å²) in [6.45, 7) is 1.86. The van der Waals surface area contributed by atoms with E-state index < -0.39 is 19.5 Å². The predicted molar refractivity (Wildman–Crippen MR) is 104 cm³/mol. The van der Waals surface area contributed by atoms with Gasteiger partial charge in [-0.2, -0.15) is 0 Å². The zero-order valence-corrected chi connectivity index (χ0v) is 18.2. The van der Waals surface area contributed by atoms with E-state index >= 15 is 0 Å². The van der Waals surface area contributed by atoms with Gasteiger partial charge in [-0.15, -0.1) is 0 Å². The largest absolute Gasteiger partial charge is 0.499 e. The second-order valence-electron chi connectivity index (χ2n) is 5.99. The van der Waals surface area contributed by atoms with Crippen molar-refractivity contribution in [1.29, 1.82) is 0 Å². The fourth-order valence-electron chi connectivity index (χ4n) is 2.54. The van der Waals surface area contributed by atoms with Gasteiger partial charge in [0.15, 0.2) is 7.59 Å². The number of halogens is 6. The molecule has 1 aliphatic heterocycles. The molecule has 0 radical (unpaired) electrons. The predicted octanol–water partition coefficient (Wildman–Crippen LogP) is 5.58. The van der Waals surface area contributed by atoms with E-state index in [2.05, 4.69) is 0 Å². The van der Waals surface area contributed by atoms with Crippen LogP contribution in [-0.4, -0.2) is 37.5 Å². The molecule has 25 heavy (non-hydrogen) atoms. The molecular formula is C15H19Cl6NO3. The van der Waals surface area contributed by atoms with Crippen LogP contribution >= 0.6 is 69.6 Å². The molecule has 0 aromatic rings. The van der Waals surface area contributed by atoms with Gasteiger partial charge < -0.3 is 4.74 Å². The molecule has 10 heteroatoms. The van der Waals surface area contributed by atoms with Crippen LogP contribution in [0.5, 0.6) is 0 Å². The summed E-state index contributed by atoms with van der Waals surface area (Å²) in [7, 11) is 1.43. The molecule has 0 spiro atoms. The molecule has 1 rings (SSSR count). The number of alkyl halides is 6. The normalized spacial score (nSPS) is 19.8. The van der Waals surface area contributed by atoms with E-state index in [9.17, 15) is 9.59 Å². The number of carbonyl (C=O) groups excluding carboxylic acids is 2. The van der Waals surface area contributed by atoms with Gasteiger partial charge >= 0.3 is 0 Å². The van der Waals surface area contributed by atoms with Crippen molar-refractivity contribution in [1.82, 2.24) is 4.90 Å². The molecule has 0 aromatic carbocycles. The Kier molecular flexibility index (Phi) is 8.98. The van der Waals surface area contributed by atoms with Crippen LogP contribution in [0, 0.1) is 5.92 Å². The van der Waals surface area contributed by atoms with Crippen LogP contribution < -0.4 is 0 Å². The van der Waals surface area contributed by atoms with E-state index in [1.54, 1.807) is 0 Å². The summed E-state index contributed by atoms with van der Waals surface area (Å²) in [5, 5.41) is 0. The van der Waals surface area contributed by atoms with Crippen LogP contribution in [0.4, 0.5) is 0 Å². The minimum absolute atomic E-state index is 0.0589. The molecule has 144 valence electrons. The molecule has 0 N–H and O–H groups in total. The van der Waals surface area contributed by atoms with Gasteiger partial charge in [-0.3, -0.25) is 14.5 Å². The molecule has 2 amide bonds. The number of carbonyl (C=O) groups is 2. The Hall–Kier alpha value is 0.420. The number of amides is 2. The van der Waals surface area contributed by atoms with Crippen LogP contribution in [0.2, 0.25) is 0 Å². The number of ether oxygens (including phenoxy) is 1. The Bertz CT molecular complexity index is 526. The van der Waals surface area contributed by atoms with Crippen LogP contribution in [0.1, 0.15) is 39.0 Å². The summed E-state index contributed by atoms with van der Waals surface area (Å²) in [6.07, 6.45) is 2.74. The minimum Gasteiger partial charge on any atom is -0.499 e. The molecule has 1 unspecified atom stereocenters. The Labute approximate surface area is 177 Å². The zero-order valence-electron chi connectivity index (χ0n) is 13.7. The van der Waals surface area contributed by atoms with E-state index in [0.717, 1.165) is 4.90 Å². The maximum Gasteiger partial charge on any atom is 0.257 e. The lowest BCUT2D eigenvalue weighted by Gasteiger charge is -2.27. The molecule has 1 heterocycles. The van der Waals surface area contributed by atoms with Crippen molar-refractivity contribution in [2.24, 2.45) is 5.92 Å². The van der Waals surface area contributed by atoms with Gasteiger partial charge in [-0.25, -0.2) is 0 Å².